The SMILES string of the molecule is CSc1nc(Cl)cc(N2CC[C@@H](N)C2)n1. The van der Waals surface area contributed by atoms with Gasteiger partial charge in [-0.2, -0.15) is 0 Å². The number of halogens is 1. The Morgan fingerprint density at radius 3 is 3.00 bits per heavy atom. The minimum atomic E-state index is 0.247. The van der Waals surface area contributed by atoms with Crippen molar-refractivity contribution in [1.82, 2.24) is 9.97 Å². The zero-order chi connectivity index (χ0) is 10.8. The summed E-state index contributed by atoms with van der Waals surface area (Å²) in [6.07, 6.45) is 2.95. The normalized spacial score (nSPS) is 21.0. The summed E-state index contributed by atoms with van der Waals surface area (Å²) in [5, 5.41) is 1.20. The van der Waals surface area contributed by atoms with Gasteiger partial charge in [-0.1, -0.05) is 23.4 Å². The Morgan fingerprint density at radius 1 is 1.60 bits per heavy atom. The van der Waals surface area contributed by atoms with Crippen LogP contribution in [-0.2, 0) is 0 Å². The summed E-state index contributed by atoms with van der Waals surface area (Å²) >= 11 is 7.41. The summed E-state index contributed by atoms with van der Waals surface area (Å²) in [7, 11) is 0. The van der Waals surface area contributed by atoms with Gasteiger partial charge in [-0.05, 0) is 12.7 Å². The van der Waals surface area contributed by atoms with E-state index in [0.29, 0.717) is 10.3 Å². The van der Waals surface area contributed by atoms with Crippen LogP contribution in [0, 0.1) is 0 Å². The first-order valence-corrected chi connectivity index (χ1v) is 6.38. The maximum Gasteiger partial charge on any atom is 0.190 e. The maximum atomic E-state index is 5.92. The summed E-state index contributed by atoms with van der Waals surface area (Å²) in [6, 6.07) is 2.04. The lowest BCUT2D eigenvalue weighted by atomic mass is 10.3. The molecule has 0 bridgehead atoms. The molecule has 6 heteroatoms. The number of nitrogens with zero attached hydrogens (tertiary/aromatic N) is 3. The zero-order valence-corrected chi connectivity index (χ0v) is 10.1. The zero-order valence-electron chi connectivity index (χ0n) is 8.48. The highest BCUT2D eigenvalue weighted by atomic mass is 35.5. The van der Waals surface area contributed by atoms with Crippen LogP contribution >= 0.6 is 23.4 Å². The highest BCUT2D eigenvalue weighted by Gasteiger charge is 2.21. The number of rotatable bonds is 2. The lowest BCUT2D eigenvalue weighted by Crippen LogP contribution is -2.27. The molecule has 1 aliphatic heterocycles. The van der Waals surface area contributed by atoms with Crippen molar-refractivity contribution < 1.29 is 0 Å². The standard InChI is InChI=1S/C9H13ClN4S/c1-15-9-12-7(10)4-8(13-9)14-3-2-6(11)5-14/h4,6H,2-3,5,11H2,1H3/t6-/m1/s1. The monoisotopic (exact) mass is 244 g/mol. The first kappa shape index (κ1) is 11.0. The Bertz CT molecular complexity index is 360. The van der Waals surface area contributed by atoms with E-state index in [2.05, 4.69) is 14.9 Å². The molecule has 15 heavy (non-hydrogen) atoms. The van der Waals surface area contributed by atoms with E-state index in [4.69, 9.17) is 17.3 Å². The second-order valence-electron chi connectivity index (χ2n) is 3.53. The minimum Gasteiger partial charge on any atom is -0.355 e. The van der Waals surface area contributed by atoms with Crippen LogP contribution in [0.4, 0.5) is 5.82 Å². The van der Waals surface area contributed by atoms with E-state index in [-0.39, 0.29) is 6.04 Å². The van der Waals surface area contributed by atoms with Crippen molar-refractivity contribution in [2.45, 2.75) is 17.6 Å². The molecule has 0 aliphatic carbocycles. The van der Waals surface area contributed by atoms with Gasteiger partial charge in [0.05, 0.1) is 0 Å². The van der Waals surface area contributed by atoms with Crippen LogP contribution in [0.25, 0.3) is 0 Å². The fourth-order valence-electron chi connectivity index (χ4n) is 1.63. The van der Waals surface area contributed by atoms with Crippen LogP contribution in [0.15, 0.2) is 11.2 Å². The molecule has 0 saturated carbocycles. The molecule has 0 spiro atoms. The van der Waals surface area contributed by atoms with Gasteiger partial charge in [0.25, 0.3) is 0 Å². The van der Waals surface area contributed by atoms with Crippen molar-refractivity contribution in [3.05, 3.63) is 11.2 Å². The van der Waals surface area contributed by atoms with Crippen LogP contribution in [0.5, 0.6) is 0 Å². The Labute approximate surface area is 98.2 Å². The number of thioether (sulfide) groups is 1. The minimum absolute atomic E-state index is 0.247. The van der Waals surface area contributed by atoms with Crippen molar-refractivity contribution >= 4 is 29.2 Å². The second-order valence-corrected chi connectivity index (χ2v) is 4.69. The molecule has 2 rings (SSSR count). The van der Waals surface area contributed by atoms with Crippen molar-refractivity contribution in [2.24, 2.45) is 5.73 Å². The Kier molecular flexibility index (Phi) is 3.33. The molecular formula is C9H13ClN4S. The summed E-state index contributed by atoms with van der Waals surface area (Å²) in [6.45, 7) is 1.80. The highest BCUT2D eigenvalue weighted by molar-refractivity contribution is 7.98. The maximum absolute atomic E-state index is 5.92. The van der Waals surface area contributed by atoms with Crippen LogP contribution < -0.4 is 10.6 Å². The van der Waals surface area contributed by atoms with Gasteiger partial charge in [0.15, 0.2) is 5.16 Å². The largest absolute Gasteiger partial charge is 0.355 e. The lowest BCUT2D eigenvalue weighted by Gasteiger charge is -2.17. The lowest BCUT2D eigenvalue weighted by molar-refractivity contribution is 0.750. The van der Waals surface area contributed by atoms with Crippen LogP contribution in [0.3, 0.4) is 0 Å². The van der Waals surface area contributed by atoms with Crippen LogP contribution in [-0.4, -0.2) is 35.4 Å². The number of hydrogen-bond donors (Lipinski definition) is 1. The summed E-state index contributed by atoms with van der Waals surface area (Å²) < 4.78 is 0. The molecule has 2 heterocycles. The van der Waals surface area contributed by atoms with E-state index in [0.717, 1.165) is 25.3 Å². The quantitative estimate of drug-likeness (QED) is 0.484. The van der Waals surface area contributed by atoms with Gasteiger partial charge < -0.3 is 10.6 Å². The molecule has 0 radical (unpaired) electrons. The van der Waals surface area contributed by atoms with E-state index >= 15 is 0 Å². The van der Waals surface area contributed by atoms with Crippen molar-refractivity contribution in [2.75, 3.05) is 24.2 Å². The molecular weight excluding hydrogens is 232 g/mol. The molecule has 1 aliphatic rings. The predicted octanol–water partition coefficient (Wildman–Crippen LogP) is 1.39. The molecule has 1 aromatic rings. The molecule has 4 nitrogen and oxygen atoms in total. The van der Waals surface area contributed by atoms with Gasteiger partial charge >= 0.3 is 0 Å². The number of aromatic nitrogens is 2. The van der Waals surface area contributed by atoms with Gasteiger partial charge in [-0.25, -0.2) is 9.97 Å². The third-order valence-electron chi connectivity index (χ3n) is 2.39. The van der Waals surface area contributed by atoms with E-state index < -0.39 is 0 Å². The van der Waals surface area contributed by atoms with Crippen LogP contribution in [0.2, 0.25) is 5.15 Å². The van der Waals surface area contributed by atoms with Crippen molar-refractivity contribution in [3.63, 3.8) is 0 Å². The van der Waals surface area contributed by atoms with E-state index in [1.54, 1.807) is 6.07 Å². The van der Waals surface area contributed by atoms with Crippen molar-refractivity contribution in [1.29, 1.82) is 0 Å². The molecule has 82 valence electrons. The van der Waals surface area contributed by atoms with Crippen molar-refractivity contribution in [3.8, 4) is 0 Å². The first-order valence-electron chi connectivity index (χ1n) is 4.78. The van der Waals surface area contributed by atoms with E-state index in [1.165, 1.54) is 11.8 Å². The van der Waals surface area contributed by atoms with Gasteiger partial charge in [-0.15, -0.1) is 0 Å². The van der Waals surface area contributed by atoms with E-state index in [1.807, 2.05) is 6.26 Å². The Balaban J connectivity index is 2.24. The number of hydrogen-bond acceptors (Lipinski definition) is 5. The Morgan fingerprint density at radius 2 is 2.40 bits per heavy atom. The smallest absolute Gasteiger partial charge is 0.190 e. The average molecular weight is 245 g/mol. The molecule has 0 unspecified atom stereocenters. The number of nitrogens with two attached hydrogens (primary N) is 1. The molecule has 1 atom stereocenters. The first-order chi connectivity index (χ1) is 7.19. The molecule has 0 amide bonds. The van der Waals surface area contributed by atoms with Gasteiger partial charge in [-0.3, -0.25) is 0 Å². The third-order valence-corrected chi connectivity index (χ3v) is 3.13. The fourth-order valence-corrected chi connectivity index (χ4v) is 2.24. The summed E-state index contributed by atoms with van der Waals surface area (Å²) in [5.74, 6) is 0.882. The summed E-state index contributed by atoms with van der Waals surface area (Å²) in [4.78, 5) is 10.7. The highest BCUT2D eigenvalue weighted by Crippen LogP contribution is 2.22. The fraction of sp³-hybridized carbons (Fsp3) is 0.556. The topological polar surface area (TPSA) is 55.0 Å². The molecule has 1 saturated heterocycles. The Hall–Kier alpha value is -0.520. The summed E-state index contributed by atoms with van der Waals surface area (Å²) in [5.41, 5.74) is 5.85. The predicted molar refractivity (Wildman–Crippen MR) is 63.6 cm³/mol. The van der Waals surface area contributed by atoms with E-state index in [9.17, 15) is 0 Å². The van der Waals surface area contributed by atoms with Gasteiger partial charge in [0.2, 0.25) is 0 Å². The molecule has 1 aromatic heterocycles. The number of anilines is 1. The molecule has 2 N–H and O–H groups in total. The molecule has 0 aromatic carbocycles. The third kappa shape index (κ3) is 2.53. The average Bonchev–Trinajstić information content (AvgIpc) is 2.64. The van der Waals surface area contributed by atoms with Gasteiger partial charge in [0, 0.05) is 25.2 Å². The van der Waals surface area contributed by atoms with Crippen LogP contribution in [0.1, 0.15) is 6.42 Å². The van der Waals surface area contributed by atoms with Gasteiger partial charge in [0.1, 0.15) is 11.0 Å². The second kappa shape index (κ2) is 4.55. The molecule has 1 fully saturated rings.